The Morgan fingerprint density at radius 2 is 1.41 bits per heavy atom. The second-order valence-corrected chi connectivity index (χ2v) is 5.95. The number of fused-ring (bicyclic) bond motifs is 1. The standard InChI is InChI=1S/C21H20N2O4/c1-15-6-2-5-9-19(15)27-14-21(25)23-22-20(24)13-26-18-11-10-16-7-3-4-8-17(16)12-18/h2-12H,13-14H2,1H3,(H,22,24)(H,23,25). The maximum atomic E-state index is 11.8. The Labute approximate surface area is 157 Å². The molecule has 0 aliphatic carbocycles. The lowest BCUT2D eigenvalue weighted by molar-refractivity contribution is -0.131. The van der Waals surface area contributed by atoms with Crippen LogP contribution < -0.4 is 20.3 Å². The van der Waals surface area contributed by atoms with Gasteiger partial charge in [0, 0.05) is 0 Å². The second-order valence-electron chi connectivity index (χ2n) is 5.95. The van der Waals surface area contributed by atoms with E-state index < -0.39 is 11.8 Å². The van der Waals surface area contributed by atoms with Crippen molar-refractivity contribution in [3.05, 3.63) is 72.3 Å². The summed E-state index contributed by atoms with van der Waals surface area (Å²) in [6.45, 7) is 1.48. The molecule has 6 heteroatoms. The molecule has 2 amide bonds. The fourth-order valence-corrected chi connectivity index (χ4v) is 2.48. The van der Waals surface area contributed by atoms with E-state index in [1.807, 2.05) is 61.5 Å². The number of rotatable bonds is 6. The maximum Gasteiger partial charge on any atom is 0.276 e. The number of hydrogen-bond donors (Lipinski definition) is 2. The minimum atomic E-state index is -0.465. The molecule has 138 valence electrons. The molecule has 27 heavy (non-hydrogen) atoms. The number of aryl methyl sites for hydroxylation is 1. The van der Waals surface area contributed by atoms with Crippen molar-refractivity contribution in [2.45, 2.75) is 6.92 Å². The minimum absolute atomic E-state index is 0.198. The van der Waals surface area contributed by atoms with Gasteiger partial charge in [-0.25, -0.2) is 0 Å². The fraction of sp³-hybridized carbons (Fsp3) is 0.143. The van der Waals surface area contributed by atoms with Crippen LogP contribution in [0.4, 0.5) is 0 Å². The molecule has 0 atom stereocenters. The summed E-state index contributed by atoms with van der Waals surface area (Å²) < 4.78 is 10.9. The van der Waals surface area contributed by atoms with Crippen molar-refractivity contribution in [1.82, 2.24) is 10.9 Å². The van der Waals surface area contributed by atoms with Gasteiger partial charge in [0.25, 0.3) is 11.8 Å². The van der Waals surface area contributed by atoms with Crippen LogP contribution in [0.2, 0.25) is 0 Å². The van der Waals surface area contributed by atoms with Gasteiger partial charge in [0.2, 0.25) is 0 Å². The summed E-state index contributed by atoms with van der Waals surface area (Å²) in [7, 11) is 0. The molecule has 0 fully saturated rings. The Bertz CT molecular complexity index is 956. The molecule has 0 radical (unpaired) electrons. The van der Waals surface area contributed by atoms with Gasteiger partial charge in [-0.05, 0) is 41.5 Å². The molecule has 0 aromatic heterocycles. The van der Waals surface area contributed by atoms with E-state index in [1.165, 1.54) is 0 Å². The lowest BCUT2D eigenvalue weighted by atomic mass is 10.1. The molecule has 3 aromatic carbocycles. The largest absolute Gasteiger partial charge is 0.484 e. The number of carbonyl (C=O) groups is 2. The Morgan fingerprint density at radius 3 is 2.15 bits per heavy atom. The second kappa shape index (κ2) is 8.71. The summed E-state index contributed by atoms with van der Waals surface area (Å²) in [4.78, 5) is 23.6. The molecule has 2 N–H and O–H groups in total. The van der Waals surface area contributed by atoms with Crippen molar-refractivity contribution in [3.63, 3.8) is 0 Å². The molecule has 0 unspecified atom stereocenters. The molecule has 6 nitrogen and oxygen atoms in total. The van der Waals surface area contributed by atoms with Gasteiger partial charge in [-0.15, -0.1) is 0 Å². The van der Waals surface area contributed by atoms with Crippen LogP contribution in [0.3, 0.4) is 0 Å². The molecular formula is C21H20N2O4. The Balaban J connectivity index is 1.41. The molecule has 0 saturated carbocycles. The van der Waals surface area contributed by atoms with Crippen molar-refractivity contribution in [2.75, 3.05) is 13.2 Å². The first kappa shape index (κ1) is 18.3. The molecule has 0 bridgehead atoms. The number of amides is 2. The highest BCUT2D eigenvalue weighted by Gasteiger charge is 2.07. The van der Waals surface area contributed by atoms with Crippen molar-refractivity contribution in [3.8, 4) is 11.5 Å². The third kappa shape index (κ3) is 5.22. The van der Waals surface area contributed by atoms with Crippen molar-refractivity contribution in [2.24, 2.45) is 0 Å². The molecule has 0 saturated heterocycles. The summed E-state index contributed by atoms with van der Waals surface area (Å²) in [6.07, 6.45) is 0. The average molecular weight is 364 g/mol. The van der Waals surface area contributed by atoms with Crippen LogP contribution in [-0.4, -0.2) is 25.0 Å². The fourth-order valence-electron chi connectivity index (χ4n) is 2.48. The van der Waals surface area contributed by atoms with Crippen LogP contribution in [0.5, 0.6) is 11.5 Å². The summed E-state index contributed by atoms with van der Waals surface area (Å²) in [5.41, 5.74) is 5.52. The number of ether oxygens (including phenoxy) is 2. The lowest BCUT2D eigenvalue weighted by Gasteiger charge is -2.11. The van der Waals surface area contributed by atoms with Gasteiger partial charge in [-0.2, -0.15) is 0 Å². The monoisotopic (exact) mass is 364 g/mol. The van der Waals surface area contributed by atoms with Crippen LogP contribution in [0, 0.1) is 6.92 Å². The molecule has 3 aromatic rings. The minimum Gasteiger partial charge on any atom is -0.484 e. The highest BCUT2D eigenvalue weighted by molar-refractivity contribution is 5.85. The highest BCUT2D eigenvalue weighted by Crippen LogP contribution is 2.20. The molecule has 0 spiro atoms. The number of para-hydroxylation sites is 1. The van der Waals surface area contributed by atoms with E-state index in [0.29, 0.717) is 11.5 Å². The SMILES string of the molecule is Cc1ccccc1OCC(=O)NNC(=O)COc1ccc2ccccc2c1. The zero-order chi connectivity index (χ0) is 19.1. The third-order valence-electron chi connectivity index (χ3n) is 3.88. The number of benzene rings is 3. The van der Waals surface area contributed by atoms with E-state index in [2.05, 4.69) is 10.9 Å². The smallest absolute Gasteiger partial charge is 0.276 e. The van der Waals surface area contributed by atoms with Crippen LogP contribution >= 0.6 is 0 Å². The van der Waals surface area contributed by atoms with Crippen LogP contribution in [-0.2, 0) is 9.59 Å². The zero-order valence-corrected chi connectivity index (χ0v) is 14.9. The van der Waals surface area contributed by atoms with Crippen LogP contribution in [0.1, 0.15) is 5.56 Å². The van der Waals surface area contributed by atoms with Crippen molar-refractivity contribution in [1.29, 1.82) is 0 Å². The first-order chi connectivity index (χ1) is 13.1. The van der Waals surface area contributed by atoms with Gasteiger partial charge in [0.1, 0.15) is 11.5 Å². The van der Waals surface area contributed by atoms with E-state index in [9.17, 15) is 9.59 Å². The number of hydrogen-bond acceptors (Lipinski definition) is 4. The predicted octanol–water partition coefficient (Wildman–Crippen LogP) is 2.75. The predicted molar refractivity (Wildman–Crippen MR) is 102 cm³/mol. The first-order valence-corrected chi connectivity index (χ1v) is 8.49. The molecule has 0 aliphatic rings. The van der Waals surface area contributed by atoms with E-state index in [4.69, 9.17) is 9.47 Å². The van der Waals surface area contributed by atoms with Gasteiger partial charge in [0.15, 0.2) is 13.2 Å². The summed E-state index contributed by atoms with van der Waals surface area (Å²) in [6, 6.07) is 20.8. The number of hydrazine groups is 1. The topological polar surface area (TPSA) is 76.7 Å². The lowest BCUT2D eigenvalue weighted by Crippen LogP contribution is -2.45. The van der Waals surface area contributed by atoms with Crippen LogP contribution in [0.15, 0.2) is 66.7 Å². The molecule has 0 aliphatic heterocycles. The molecule has 3 rings (SSSR count). The van der Waals surface area contributed by atoms with Gasteiger partial charge in [0.05, 0.1) is 0 Å². The van der Waals surface area contributed by atoms with E-state index in [1.54, 1.807) is 12.1 Å². The van der Waals surface area contributed by atoms with Gasteiger partial charge in [-0.3, -0.25) is 20.4 Å². The van der Waals surface area contributed by atoms with Gasteiger partial charge < -0.3 is 9.47 Å². The van der Waals surface area contributed by atoms with Crippen molar-refractivity contribution < 1.29 is 19.1 Å². The van der Waals surface area contributed by atoms with E-state index in [0.717, 1.165) is 16.3 Å². The normalized spacial score (nSPS) is 10.3. The number of nitrogens with one attached hydrogen (secondary N) is 2. The molecular weight excluding hydrogens is 344 g/mol. The quantitative estimate of drug-likeness (QED) is 0.660. The van der Waals surface area contributed by atoms with Gasteiger partial charge in [-0.1, -0.05) is 48.5 Å². The van der Waals surface area contributed by atoms with E-state index >= 15 is 0 Å². The van der Waals surface area contributed by atoms with Crippen molar-refractivity contribution >= 4 is 22.6 Å². The Morgan fingerprint density at radius 1 is 0.778 bits per heavy atom. The van der Waals surface area contributed by atoms with Crippen LogP contribution in [0.25, 0.3) is 10.8 Å². The maximum absolute atomic E-state index is 11.8. The first-order valence-electron chi connectivity index (χ1n) is 8.49. The summed E-state index contributed by atoms with van der Waals surface area (Å²) >= 11 is 0. The third-order valence-corrected chi connectivity index (χ3v) is 3.88. The Kier molecular flexibility index (Phi) is 5.89. The highest BCUT2D eigenvalue weighted by atomic mass is 16.5. The summed E-state index contributed by atoms with van der Waals surface area (Å²) in [5, 5.41) is 2.12. The van der Waals surface area contributed by atoms with Gasteiger partial charge >= 0.3 is 0 Å². The summed E-state index contributed by atoms with van der Waals surface area (Å²) in [5.74, 6) is 0.279. The molecule has 0 heterocycles. The van der Waals surface area contributed by atoms with E-state index in [-0.39, 0.29) is 13.2 Å². The zero-order valence-electron chi connectivity index (χ0n) is 14.9. The number of carbonyl (C=O) groups excluding carboxylic acids is 2. The average Bonchev–Trinajstić information content (AvgIpc) is 2.70. The Hall–Kier alpha value is -3.54.